The normalized spacial score (nSPS) is 17.4. The zero-order valence-electron chi connectivity index (χ0n) is 15.9. The molecule has 0 unspecified atom stereocenters. The Morgan fingerprint density at radius 3 is 2.57 bits per heavy atom. The van der Waals surface area contributed by atoms with Crippen LogP contribution in [0.1, 0.15) is 16.7 Å². The molecule has 0 aliphatic carbocycles. The van der Waals surface area contributed by atoms with Gasteiger partial charge in [0.15, 0.2) is 6.79 Å². The van der Waals surface area contributed by atoms with Crippen LogP contribution < -0.4 is 9.64 Å². The van der Waals surface area contributed by atoms with E-state index in [0.29, 0.717) is 49.9 Å². The molecule has 3 heterocycles. The summed E-state index contributed by atoms with van der Waals surface area (Å²) in [6, 6.07) is 5.40. The minimum Gasteiger partial charge on any atom is -0.467 e. The molecular formula is C19H19F3N4O4. The van der Waals surface area contributed by atoms with Gasteiger partial charge in [-0.25, -0.2) is 4.98 Å². The molecule has 0 N–H and O–H groups in total. The van der Waals surface area contributed by atoms with Crippen molar-refractivity contribution in [2.45, 2.75) is 19.3 Å². The van der Waals surface area contributed by atoms with E-state index in [1.54, 1.807) is 0 Å². The number of nitrogens with zero attached hydrogens (tertiary/aromatic N) is 4. The number of benzene rings is 1. The molecule has 11 heteroatoms. The van der Waals surface area contributed by atoms with Gasteiger partial charge in [0.25, 0.3) is 5.69 Å². The summed E-state index contributed by atoms with van der Waals surface area (Å²) in [5, 5.41) is 11.2. The van der Waals surface area contributed by atoms with Crippen LogP contribution in [0.5, 0.6) is 5.75 Å². The maximum Gasteiger partial charge on any atom is 0.417 e. The number of nitro groups is 1. The van der Waals surface area contributed by atoms with E-state index in [1.165, 1.54) is 18.2 Å². The van der Waals surface area contributed by atoms with E-state index in [9.17, 15) is 23.3 Å². The number of fused-ring (bicyclic) bond motifs is 1. The molecule has 4 rings (SSSR count). The highest BCUT2D eigenvalue weighted by Crippen LogP contribution is 2.34. The zero-order chi connectivity index (χ0) is 21.3. The summed E-state index contributed by atoms with van der Waals surface area (Å²) in [5.41, 5.74) is 0.594. The predicted molar refractivity (Wildman–Crippen MR) is 100 cm³/mol. The van der Waals surface area contributed by atoms with E-state index < -0.39 is 16.7 Å². The second-order valence-corrected chi connectivity index (χ2v) is 7.13. The third kappa shape index (κ3) is 4.31. The number of pyridine rings is 1. The molecule has 1 aromatic carbocycles. The number of alkyl halides is 3. The maximum atomic E-state index is 12.7. The standard InChI is InChI=1S/C19H19F3N4O4/c20-19(21,22)15-1-2-17(23-9-15)25-5-3-24(4-6-25)10-13-7-16(26(27)28)8-14-11-29-12-30-18(13)14/h1-2,7-9H,3-6,10-12H2. The number of hydrogen-bond acceptors (Lipinski definition) is 7. The van der Waals surface area contributed by atoms with Crippen molar-refractivity contribution in [3.05, 3.63) is 57.3 Å². The maximum absolute atomic E-state index is 12.7. The highest BCUT2D eigenvalue weighted by molar-refractivity contribution is 5.50. The first-order chi connectivity index (χ1) is 14.3. The molecular weight excluding hydrogens is 405 g/mol. The fourth-order valence-electron chi connectivity index (χ4n) is 3.62. The average molecular weight is 424 g/mol. The quantitative estimate of drug-likeness (QED) is 0.551. The largest absolute Gasteiger partial charge is 0.467 e. The smallest absolute Gasteiger partial charge is 0.417 e. The Morgan fingerprint density at radius 1 is 1.17 bits per heavy atom. The summed E-state index contributed by atoms with van der Waals surface area (Å²) in [5.74, 6) is 1.12. The van der Waals surface area contributed by atoms with Gasteiger partial charge in [0, 0.05) is 62.2 Å². The number of ether oxygens (including phenoxy) is 2. The van der Waals surface area contributed by atoms with Crippen LogP contribution in [0.3, 0.4) is 0 Å². The number of piperazine rings is 1. The Kier molecular flexibility index (Phi) is 5.48. The van der Waals surface area contributed by atoms with E-state index in [1.807, 2.05) is 4.90 Å². The summed E-state index contributed by atoms with van der Waals surface area (Å²) in [6.45, 7) is 3.27. The average Bonchev–Trinajstić information content (AvgIpc) is 2.73. The Morgan fingerprint density at radius 2 is 1.93 bits per heavy atom. The van der Waals surface area contributed by atoms with Crippen molar-refractivity contribution in [2.75, 3.05) is 37.9 Å². The summed E-state index contributed by atoms with van der Waals surface area (Å²) in [6.07, 6.45) is -3.56. The Bertz CT molecular complexity index is 929. The van der Waals surface area contributed by atoms with E-state index in [-0.39, 0.29) is 19.1 Å². The van der Waals surface area contributed by atoms with Crippen LogP contribution in [0.25, 0.3) is 0 Å². The van der Waals surface area contributed by atoms with Crippen molar-refractivity contribution in [2.24, 2.45) is 0 Å². The lowest BCUT2D eigenvalue weighted by molar-refractivity contribution is -0.385. The van der Waals surface area contributed by atoms with Gasteiger partial charge in [-0.15, -0.1) is 0 Å². The molecule has 2 aromatic rings. The number of aromatic nitrogens is 1. The number of halogens is 3. The molecule has 1 fully saturated rings. The fourth-order valence-corrected chi connectivity index (χ4v) is 3.62. The molecule has 1 saturated heterocycles. The molecule has 0 amide bonds. The second-order valence-electron chi connectivity index (χ2n) is 7.13. The molecule has 2 aliphatic rings. The Balaban J connectivity index is 1.43. The van der Waals surface area contributed by atoms with Gasteiger partial charge in [-0.1, -0.05) is 0 Å². The van der Waals surface area contributed by atoms with Crippen LogP contribution >= 0.6 is 0 Å². The van der Waals surface area contributed by atoms with Gasteiger partial charge in [-0.2, -0.15) is 13.2 Å². The third-order valence-electron chi connectivity index (χ3n) is 5.15. The van der Waals surface area contributed by atoms with Crippen LogP contribution in [0.4, 0.5) is 24.7 Å². The van der Waals surface area contributed by atoms with Crippen molar-refractivity contribution >= 4 is 11.5 Å². The van der Waals surface area contributed by atoms with E-state index in [4.69, 9.17) is 9.47 Å². The fraction of sp³-hybridized carbons (Fsp3) is 0.421. The molecule has 0 bridgehead atoms. The highest BCUT2D eigenvalue weighted by atomic mass is 19.4. The number of hydrogen-bond donors (Lipinski definition) is 0. The highest BCUT2D eigenvalue weighted by Gasteiger charge is 2.31. The topological polar surface area (TPSA) is 81.0 Å². The van der Waals surface area contributed by atoms with Gasteiger partial charge >= 0.3 is 6.18 Å². The van der Waals surface area contributed by atoms with Crippen molar-refractivity contribution in [1.82, 2.24) is 9.88 Å². The number of nitro benzene ring substituents is 1. The minimum atomic E-state index is -4.41. The van der Waals surface area contributed by atoms with E-state index >= 15 is 0 Å². The molecule has 0 radical (unpaired) electrons. The summed E-state index contributed by atoms with van der Waals surface area (Å²) >= 11 is 0. The number of anilines is 1. The Labute approximate surface area is 170 Å². The van der Waals surface area contributed by atoms with Crippen LogP contribution in [-0.4, -0.2) is 47.8 Å². The first-order valence-electron chi connectivity index (χ1n) is 9.32. The summed E-state index contributed by atoms with van der Waals surface area (Å²) in [4.78, 5) is 18.8. The minimum absolute atomic E-state index is 0.00885. The lowest BCUT2D eigenvalue weighted by atomic mass is 10.1. The van der Waals surface area contributed by atoms with Crippen LogP contribution in [0, 0.1) is 10.1 Å². The van der Waals surface area contributed by atoms with Crippen LogP contribution in [-0.2, 0) is 24.1 Å². The SMILES string of the molecule is O=[N+]([O-])c1cc2c(c(CN3CCN(c4ccc(C(F)(F)F)cn4)CC3)c1)OCOC2. The van der Waals surface area contributed by atoms with Gasteiger partial charge in [-0.3, -0.25) is 15.0 Å². The molecule has 0 spiro atoms. The Hall–Kier alpha value is -2.92. The molecule has 160 valence electrons. The zero-order valence-corrected chi connectivity index (χ0v) is 15.9. The van der Waals surface area contributed by atoms with Gasteiger partial charge in [0.2, 0.25) is 0 Å². The van der Waals surface area contributed by atoms with Gasteiger partial charge in [0.05, 0.1) is 17.1 Å². The predicted octanol–water partition coefficient (Wildman–Crippen LogP) is 3.20. The first kappa shape index (κ1) is 20.4. The summed E-state index contributed by atoms with van der Waals surface area (Å²) in [7, 11) is 0. The lowest BCUT2D eigenvalue weighted by Crippen LogP contribution is -2.46. The molecule has 8 nitrogen and oxygen atoms in total. The number of rotatable bonds is 4. The molecule has 2 aliphatic heterocycles. The van der Waals surface area contributed by atoms with Crippen molar-refractivity contribution in [3.63, 3.8) is 0 Å². The second kappa shape index (κ2) is 8.07. The van der Waals surface area contributed by atoms with Gasteiger partial charge < -0.3 is 14.4 Å². The molecule has 1 aromatic heterocycles. The molecule has 30 heavy (non-hydrogen) atoms. The summed E-state index contributed by atoms with van der Waals surface area (Å²) < 4.78 is 48.9. The molecule has 0 atom stereocenters. The third-order valence-corrected chi connectivity index (χ3v) is 5.15. The number of non-ortho nitro benzene ring substituents is 1. The van der Waals surface area contributed by atoms with Crippen molar-refractivity contribution in [3.8, 4) is 5.75 Å². The molecule has 0 saturated carbocycles. The van der Waals surface area contributed by atoms with Crippen molar-refractivity contribution in [1.29, 1.82) is 0 Å². The van der Waals surface area contributed by atoms with E-state index in [2.05, 4.69) is 9.88 Å². The van der Waals surface area contributed by atoms with Crippen LogP contribution in [0.15, 0.2) is 30.5 Å². The van der Waals surface area contributed by atoms with E-state index in [0.717, 1.165) is 17.8 Å². The lowest BCUT2D eigenvalue weighted by Gasteiger charge is -2.36. The first-order valence-corrected chi connectivity index (χ1v) is 9.32. The van der Waals surface area contributed by atoms with Gasteiger partial charge in [-0.05, 0) is 12.1 Å². The van der Waals surface area contributed by atoms with Gasteiger partial charge in [0.1, 0.15) is 11.6 Å². The van der Waals surface area contributed by atoms with Crippen LogP contribution in [0.2, 0.25) is 0 Å². The monoisotopic (exact) mass is 424 g/mol. The van der Waals surface area contributed by atoms with Crippen molar-refractivity contribution < 1.29 is 27.6 Å².